The van der Waals surface area contributed by atoms with Crippen LogP contribution in [0.3, 0.4) is 0 Å². The molecule has 0 heterocycles. The van der Waals surface area contributed by atoms with Crippen LogP contribution >= 0.6 is 0 Å². The Labute approximate surface area is 66.8 Å². The second-order valence-corrected chi connectivity index (χ2v) is 1.22. The van der Waals surface area contributed by atoms with Gasteiger partial charge in [0.2, 0.25) is 0 Å². The Morgan fingerprint density at radius 1 is 1.25 bits per heavy atom. The molecule has 0 saturated heterocycles. The summed E-state index contributed by atoms with van der Waals surface area (Å²) in [6, 6.07) is 8.49. The summed E-state index contributed by atoms with van der Waals surface area (Å²) in [6.45, 7) is 0. The van der Waals surface area contributed by atoms with Crippen molar-refractivity contribution in [1.29, 1.82) is 0 Å². The van der Waals surface area contributed by atoms with Crippen LogP contribution in [0.25, 0.3) is 0 Å². The van der Waals surface area contributed by atoms with Crippen molar-refractivity contribution in [3.8, 4) is 0 Å². The van der Waals surface area contributed by atoms with Crippen molar-refractivity contribution in [2.75, 3.05) is 0 Å². The second kappa shape index (κ2) is 3.97. The fraction of sp³-hybridized carbons (Fsp3) is 0. The molecular formula is C6H7BiF. The van der Waals surface area contributed by atoms with Gasteiger partial charge in [0.25, 0.3) is 0 Å². The van der Waals surface area contributed by atoms with E-state index in [1.807, 2.05) is 0 Å². The molecule has 43 valence electrons. The molecule has 0 aliphatic rings. The van der Waals surface area contributed by atoms with Gasteiger partial charge in [-0.05, 0) is 18.2 Å². The van der Waals surface area contributed by atoms with Gasteiger partial charge in [0.05, 0.1) is 0 Å². The maximum atomic E-state index is 11.9. The van der Waals surface area contributed by atoms with Gasteiger partial charge in [0, 0.05) is 0 Å². The molecule has 2 heteroatoms. The third kappa shape index (κ3) is 2.37. The second-order valence-electron chi connectivity index (χ2n) is 1.22. The molecule has 1 aromatic carbocycles. The third-order valence-electron chi connectivity index (χ3n) is 0.678. The molecule has 0 bridgehead atoms. The summed E-state index contributed by atoms with van der Waals surface area (Å²) in [4.78, 5) is 0. The molecule has 0 aromatic heterocycles. The van der Waals surface area contributed by atoms with Crippen LogP contribution in [0.15, 0.2) is 24.3 Å². The molecule has 0 spiro atoms. The Morgan fingerprint density at radius 3 is 2.00 bits per heavy atom. The molecule has 8 heavy (non-hydrogen) atoms. The van der Waals surface area contributed by atoms with Gasteiger partial charge in [0.15, 0.2) is 0 Å². The fourth-order valence-electron chi connectivity index (χ4n) is 0.367. The average molecular weight is 307 g/mol. The van der Waals surface area contributed by atoms with Gasteiger partial charge in [0.1, 0.15) is 5.82 Å². The van der Waals surface area contributed by atoms with Crippen molar-refractivity contribution in [2.45, 2.75) is 0 Å². The van der Waals surface area contributed by atoms with Crippen molar-refractivity contribution in [3.63, 3.8) is 0 Å². The van der Waals surface area contributed by atoms with E-state index in [2.05, 4.69) is 6.07 Å². The molecule has 0 saturated carbocycles. The van der Waals surface area contributed by atoms with E-state index >= 15 is 0 Å². The summed E-state index contributed by atoms with van der Waals surface area (Å²) in [5.41, 5.74) is 0. The van der Waals surface area contributed by atoms with E-state index in [1.54, 1.807) is 0 Å². The van der Waals surface area contributed by atoms with Gasteiger partial charge >= 0.3 is 26.2 Å². The van der Waals surface area contributed by atoms with Crippen molar-refractivity contribution < 1.29 is 4.39 Å². The molecule has 0 aliphatic carbocycles. The molecule has 1 aromatic rings. The zero-order valence-electron chi connectivity index (χ0n) is 4.39. The predicted molar refractivity (Wildman–Crippen MR) is 35.2 cm³/mol. The number of hydrogen-bond donors (Lipinski definition) is 0. The normalized spacial score (nSPS) is 7.62. The quantitative estimate of drug-likeness (QED) is 0.610. The number of rotatable bonds is 0. The number of halogens is 1. The Hall–Kier alpha value is 0.0331. The summed E-state index contributed by atoms with van der Waals surface area (Å²) in [5.74, 6) is -0.209. The van der Waals surface area contributed by atoms with Crippen LogP contribution in [0.2, 0.25) is 0 Å². The SMILES string of the molecule is Fc1cc[c]cc1.[BiH3]. The van der Waals surface area contributed by atoms with E-state index in [0.717, 1.165) is 0 Å². The van der Waals surface area contributed by atoms with Crippen molar-refractivity contribution in [2.24, 2.45) is 0 Å². The molecule has 0 amide bonds. The Morgan fingerprint density at radius 2 is 1.75 bits per heavy atom. The van der Waals surface area contributed by atoms with Crippen LogP contribution in [0.4, 0.5) is 4.39 Å². The van der Waals surface area contributed by atoms with Crippen LogP contribution < -0.4 is 0 Å². The van der Waals surface area contributed by atoms with Gasteiger partial charge < -0.3 is 0 Å². The maximum absolute atomic E-state index is 11.9. The van der Waals surface area contributed by atoms with E-state index in [4.69, 9.17) is 0 Å². The summed E-state index contributed by atoms with van der Waals surface area (Å²) in [7, 11) is 0. The summed E-state index contributed by atoms with van der Waals surface area (Å²) in [6.07, 6.45) is 0. The zero-order chi connectivity index (χ0) is 5.11. The van der Waals surface area contributed by atoms with Gasteiger partial charge in [-0.15, -0.1) is 0 Å². The van der Waals surface area contributed by atoms with Crippen molar-refractivity contribution in [3.05, 3.63) is 36.1 Å². The van der Waals surface area contributed by atoms with Crippen LogP contribution in [0.1, 0.15) is 0 Å². The van der Waals surface area contributed by atoms with Gasteiger partial charge in [-0.25, -0.2) is 4.39 Å². The van der Waals surface area contributed by atoms with Crippen LogP contribution in [-0.4, -0.2) is 26.2 Å². The molecule has 0 fully saturated rings. The molecule has 1 rings (SSSR count). The van der Waals surface area contributed by atoms with Gasteiger partial charge in [-0.3, -0.25) is 0 Å². The molecule has 0 N–H and O–H groups in total. The van der Waals surface area contributed by atoms with Crippen LogP contribution in [0.5, 0.6) is 0 Å². The molecule has 0 aliphatic heterocycles. The average Bonchev–Trinajstić information content (AvgIpc) is 1.69. The summed E-state index contributed by atoms with van der Waals surface area (Å²) < 4.78 is 11.9. The van der Waals surface area contributed by atoms with E-state index in [0.29, 0.717) is 0 Å². The molecule has 0 unspecified atom stereocenters. The van der Waals surface area contributed by atoms with Crippen LogP contribution in [0, 0.1) is 11.9 Å². The monoisotopic (exact) mass is 307 g/mol. The Bertz CT molecular complexity index is 138. The zero-order valence-corrected chi connectivity index (χ0v) is 9.89. The first-order valence-electron chi connectivity index (χ1n) is 2.01. The molecule has 1 radical (unpaired) electrons. The Kier molecular flexibility index (Phi) is 3.98. The first kappa shape index (κ1) is 8.03. The molecule has 0 nitrogen and oxygen atoms in total. The molecule has 0 atom stereocenters. The fourth-order valence-corrected chi connectivity index (χ4v) is 0.367. The van der Waals surface area contributed by atoms with Crippen molar-refractivity contribution >= 4 is 26.2 Å². The minimum absolute atomic E-state index is 0. The number of benzene rings is 1. The van der Waals surface area contributed by atoms with E-state index in [1.165, 1.54) is 24.3 Å². The first-order valence-corrected chi connectivity index (χ1v) is 2.01. The standard InChI is InChI=1S/C6H4F.Bi.3H/c7-6-4-2-1-3-5-6;;;;/h2-5H;;;;. The van der Waals surface area contributed by atoms with Gasteiger partial charge in [-0.2, -0.15) is 0 Å². The molecular weight excluding hydrogens is 300 g/mol. The van der Waals surface area contributed by atoms with E-state index in [-0.39, 0.29) is 32.0 Å². The minimum atomic E-state index is -0.209. The summed E-state index contributed by atoms with van der Waals surface area (Å²) in [5, 5.41) is 0. The first-order chi connectivity index (χ1) is 3.39. The summed E-state index contributed by atoms with van der Waals surface area (Å²) >= 11 is 0. The Balaban J connectivity index is 0.000000490. The topological polar surface area (TPSA) is 0 Å². The van der Waals surface area contributed by atoms with Gasteiger partial charge in [-0.1, -0.05) is 12.1 Å². The van der Waals surface area contributed by atoms with Crippen molar-refractivity contribution in [1.82, 2.24) is 0 Å². The van der Waals surface area contributed by atoms with E-state index in [9.17, 15) is 4.39 Å². The number of hydrogen-bond acceptors (Lipinski definition) is 0. The van der Waals surface area contributed by atoms with E-state index < -0.39 is 0 Å². The third-order valence-corrected chi connectivity index (χ3v) is 0.678. The predicted octanol–water partition coefficient (Wildman–Crippen LogP) is 0.442. The van der Waals surface area contributed by atoms with Crippen LogP contribution in [-0.2, 0) is 0 Å².